The molecule has 0 spiro atoms. The molecule has 0 bridgehead atoms. The normalized spacial score (nSPS) is 13.8. The van der Waals surface area contributed by atoms with Crippen molar-refractivity contribution in [3.05, 3.63) is 77.0 Å². The number of aryl methyl sites for hydroxylation is 2. The van der Waals surface area contributed by atoms with Crippen molar-refractivity contribution >= 4 is 5.97 Å². The summed E-state index contributed by atoms with van der Waals surface area (Å²) < 4.78 is 2.34. The highest BCUT2D eigenvalue weighted by Gasteiger charge is 2.19. The molecule has 0 amide bonds. The summed E-state index contributed by atoms with van der Waals surface area (Å²) in [5, 5.41) is 9.21. The standard InChI is InChI=1S/C24H25NO2/c1-2-17-8-10-18(11-9-17)23-16-20-6-4-3-5-7-22(20)25(23)21-14-12-19(13-15-21)24(26)27/h8-16H,2-7H2,1H3,(H,26,27). The van der Waals surface area contributed by atoms with E-state index in [1.165, 1.54) is 47.3 Å². The lowest BCUT2D eigenvalue weighted by Gasteiger charge is -2.15. The average molecular weight is 359 g/mol. The van der Waals surface area contributed by atoms with Crippen LogP contribution in [-0.4, -0.2) is 15.6 Å². The van der Waals surface area contributed by atoms with Gasteiger partial charge in [-0.3, -0.25) is 0 Å². The zero-order valence-electron chi connectivity index (χ0n) is 15.7. The van der Waals surface area contributed by atoms with Gasteiger partial charge in [0.2, 0.25) is 0 Å². The van der Waals surface area contributed by atoms with Crippen molar-refractivity contribution < 1.29 is 9.90 Å². The molecule has 0 atom stereocenters. The van der Waals surface area contributed by atoms with Crippen LogP contribution in [0.5, 0.6) is 0 Å². The highest BCUT2D eigenvalue weighted by atomic mass is 16.4. The fraction of sp³-hybridized carbons (Fsp3) is 0.292. The molecule has 4 rings (SSSR count). The predicted molar refractivity (Wildman–Crippen MR) is 109 cm³/mol. The van der Waals surface area contributed by atoms with Crippen molar-refractivity contribution in [3.8, 4) is 16.9 Å². The average Bonchev–Trinajstić information content (AvgIpc) is 2.90. The third-order valence-electron chi connectivity index (χ3n) is 5.58. The van der Waals surface area contributed by atoms with Crippen LogP contribution in [0, 0.1) is 0 Å². The third-order valence-corrected chi connectivity index (χ3v) is 5.58. The number of hydrogen-bond donors (Lipinski definition) is 1. The Kier molecular flexibility index (Phi) is 4.85. The van der Waals surface area contributed by atoms with Gasteiger partial charge in [-0.2, -0.15) is 0 Å². The van der Waals surface area contributed by atoms with E-state index in [4.69, 9.17) is 0 Å². The lowest BCUT2D eigenvalue weighted by atomic mass is 10.1. The van der Waals surface area contributed by atoms with E-state index >= 15 is 0 Å². The summed E-state index contributed by atoms with van der Waals surface area (Å²) in [5.74, 6) is -0.886. The van der Waals surface area contributed by atoms with Crippen LogP contribution >= 0.6 is 0 Å². The number of hydrogen-bond acceptors (Lipinski definition) is 1. The number of aromatic carboxylic acids is 1. The molecule has 1 N–H and O–H groups in total. The second-order valence-corrected chi connectivity index (χ2v) is 7.30. The fourth-order valence-electron chi connectivity index (χ4n) is 4.05. The highest BCUT2D eigenvalue weighted by Crippen LogP contribution is 2.33. The van der Waals surface area contributed by atoms with E-state index in [2.05, 4.69) is 41.8 Å². The maximum Gasteiger partial charge on any atom is 0.335 e. The number of carbonyl (C=O) groups is 1. The number of aromatic nitrogens is 1. The SMILES string of the molecule is CCc1ccc(-c2cc3c(n2-c2ccc(C(=O)O)cc2)CCCCC3)cc1. The number of rotatable bonds is 4. The molecule has 3 aromatic rings. The van der Waals surface area contributed by atoms with Crippen molar-refractivity contribution in [2.45, 2.75) is 45.4 Å². The summed E-state index contributed by atoms with van der Waals surface area (Å²) in [7, 11) is 0. The molecule has 138 valence electrons. The van der Waals surface area contributed by atoms with Gasteiger partial charge in [0.1, 0.15) is 0 Å². The molecule has 1 aromatic heterocycles. The monoisotopic (exact) mass is 359 g/mol. The minimum Gasteiger partial charge on any atom is -0.478 e. The Bertz CT molecular complexity index is 949. The number of carboxylic acid groups (broad SMARTS) is 1. The summed E-state index contributed by atoms with van der Waals surface area (Å²) in [6.45, 7) is 2.17. The molecule has 0 aliphatic heterocycles. The van der Waals surface area contributed by atoms with Gasteiger partial charge >= 0.3 is 5.97 Å². The smallest absolute Gasteiger partial charge is 0.335 e. The Hall–Kier alpha value is -2.81. The van der Waals surface area contributed by atoms with Crippen LogP contribution in [0.2, 0.25) is 0 Å². The molecule has 0 fully saturated rings. The van der Waals surface area contributed by atoms with Crippen molar-refractivity contribution in [2.75, 3.05) is 0 Å². The molecule has 0 radical (unpaired) electrons. The van der Waals surface area contributed by atoms with Gasteiger partial charge in [0.15, 0.2) is 0 Å². The molecule has 0 saturated carbocycles. The first-order valence-electron chi connectivity index (χ1n) is 9.84. The Morgan fingerprint density at radius 2 is 1.67 bits per heavy atom. The summed E-state index contributed by atoms with van der Waals surface area (Å²) in [6, 6.07) is 18.4. The van der Waals surface area contributed by atoms with Crippen LogP contribution in [0.4, 0.5) is 0 Å². The first kappa shape index (κ1) is 17.6. The Morgan fingerprint density at radius 1 is 0.963 bits per heavy atom. The zero-order valence-corrected chi connectivity index (χ0v) is 15.7. The van der Waals surface area contributed by atoms with Crippen LogP contribution in [0.1, 0.15) is 53.4 Å². The molecule has 2 aromatic carbocycles. The maximum absolute atomic E-state index is 11.2. The van der Waals surface area contributed by atoms with Gasteiger partial charge in [0, 0.05) is 11.4 Å². The van der Waals surface area contributed by atoms with Crippen LogP contribution in [0.25, 0.3) is 16.9 Å². The second kappa shape index (κ2) is 7.43. The van der Waals surface area contributed by atoms with Gasteiger partial charge in [0.25, 0.3) is 0 Å². The number of fused-ring (bicyclic) bond motifs is 1. The Balaban J connectivity index is 1.86. The van der Waals surface area contributed by atoms with E-state index in [9.17, 15) is 9.90 Å². The van der Waals surface area contributed by atoms with E-state index < -0.39 is 5.97 Å². The van der Waals surface area contributed by atoms with Gasteiger partial charge < -0.3 is 9.67 Å². The molecule has 27 heavy (non-hydrogen) atoms. The maximum atomic E-state index is 11.2. The van der Waals surface area contributed by atoms with Crippen LogP contribution in [-0.2, 0) is 19.3 Å². The molecule has 1 heterocycles. The molecule has 1 aliphatic carbocycles. The number of nitrogens with zero attached hydrogens (tertiary/aromatic N) is 1. The van der Waals surface area contributed by atoms with Gasteiger partial charge in [-0.05, 0) is 79.1 Å². The molecule has 3 heteroatoms. The van der Waals surface area contributed by atoms with E-state index in [0.717, 1.165) is 24.9 Å². The first-order chi connectivity index (χ1) is 13.2. The summed E-state index contributed by atoms with van der Waals surface area (Å²) in [5.41, 5.74) is 7.93. The van der Waals surface area contributed by atoms with E-state index in [1.54, 1.807) is 12.1 Å². The third kappa shape index (κ3) is 3.42. The Morgan fingerprint density at radius 3 is 2.33 bits per heavy atom. The quantitative estimate of drug-likeness (QED) is 0.610. The molecular formula is C24H25NO2. The Labute approximate surface area is 160 Å². The van der Waals surface area contributed by atoms with Crippen LogP contribution in [0.15, 0.2) is 54.6 Å². The van der Waals surface area contributed by atoms with Crippen LogP contribution < -0.4 is 0 Å². The number of carboxylic acids is 1. The van der Waals surface area contributed by atoms with Crippen LogP contribution in [0.3, 0.4) is 0 Å². The zero-order chi connectivity index (χ0) is 18.8. The largest absolute Gasteiger partial charge is 0.478 e. The summed E-state index contributed by atoms with van der Waals surface area (Å²) >= 11 is 0. The van der Waals surface area contributed by atoms with Gasteiger partial charge in [-0.15, -0.1) is 0 Å². The van der Waals surface area contributed by atoms with E-state index in [0.29, 0.717) is 5.56 Å². The summed E-state index contributed by atoms with van der Waals surface area (Å²) in [4.78, 5) is 11.2. The fourth-order valence-corrected chi connectivity index (χ4v) is 4.05. The topological polar surface area (TPSA) is 42.2 Å². The molecule has 1 aliphatic rings. The molecule has 0 saturated heterocycles. The highest BCUT2D eigenvalue weighted by molar-refractivity contribution is 5.87. The van der Waals surface area contributed by atoms with Gasteiger partial charge in [-0.1, -0.05) is 37.6 Å². The van der Waals surface area contributed by atoms with E-state index in [1.807, 2.05) is 12.1 Å². The molecular weight excluding hydrogens is 334 g/mol. The first-order valence-corrected chi connectivity index (χ1v) is 9.84. The van der Waals surface area contributed by atoms with Crippen molar-refractivity contribution in [2.24, 2.45) is 0 Å². The van der Waals surface area contributed by atoms with Gasteiger partial charge in [-0.25, -0.2) is 4.79 Å². The molecule has 3 nitrogen and oxygen atoms in total. The van der Waals surface area contributed by atoms with Crippen molar-refractivity contribution in [1.29, 1.82) is 0 Å². The van der Waals surface area contributed by atoms with E-state index in [-0.39, 0.29) is 0 Å². The minimum atomic E-state index is -0.886. The predicted octanol–water partition coefficient (Wildman–Crippen LogP) is 5.67. The molecule has 0 unspecified atom stereocenters. The minimum absolute atomic E-state index is 0.325. The van der Waals surface area contributed by atoms with Crippen molar-refractivity contribution in [3.63, 3.8) is 0 Å². The van der Waals surface area contributed by atoms with Gasteiger partial charge in [0.05, 0.1) is 11.3 Å². The van der Waals surface area contributed by atoms with Crippen molar-refractivity contribution in [1.82, 2.24) is 4.57 Å². The second-order valence-electron chi connectivity index (χ2n) is 7.30. The lowest BCUT2D eigenvalue weighted by Crippen LogP contribution is -2.04. The summed E-state index contributed by atoms with van der Waals surface area (Å²) in [6.07, 6.45) is 6.95. The number of benzene rings is 2. The lowest BCUT2D eigenvalue weighted by molar-refractivity contribution is 0.0697.